The van der Waals surface area contributed by atoms with Gasteiger partial charge in [-0.2, -0.15) is 0 Å². The van der Waals surface area contributed by atoms with Crippen LogP contribution >= 0.6 is 11.9 Å². The minimum atomic E-state index is -1.28. The molecule has 0 heterocycles. The van der Waals surface area contributed by atoms with E-state index in [1.165, 1.54) is 6.92 Å². The molecule has 13 heteroatoms. The molecule has 0 aliphatic heterocycles. The third kappa shape index (κ3) is 10.5. The Balaban J connectivity index is 4.67. The molecule has 8 N–H and O–H groups in total. The third-order valence-electron chi connectivity index (χ3n) is 2.95. The lowest BCUT2D eigenvalue weighted by atomic mass is 10.1. The van der Waals surface area contributed by atoms with E-state index in [4.69, 9.17) is 21.1 Å². The molecule has 0 saturated heterocycles. The van der Waals surface area contributed by atoms with Crippen LogP contribution in [0.4, 0.5) is 0 Å². The van der Waals surface area contributed by atoms with Crippen LogP contribution in [0.5, 0.6) is 0 Å². The standard InChI is InChI=1S/C13H22N4O8S/c1-6(12(22)23)17-26-5-8(11(21)15-4-10(19)20)16-9(18)3-2-7(14)13(24)25/h6-8,17H,2-5,14H2,1H3,(H,15,21)(H,16,18)(H,19,20)(H,22,23)(H,24,25). The first-order chi connectivity index (χ1) is 12.0. The molecule has 0 aromatic carbocycles. The number of amides is 2. The SMILES string of the molecule is CC(NSCC(NC(=O)CCC(N)C(=O)O)C(=O)NCC(=O)O)C(=O)O. The fourth-order valence-corrected chi connectivity index (χ4v) is 2.30. The average molecular weight is 394 g/mol. The third-order valence-corrected chi connectivity index (χ3v) is 3.97. The summed E-state index contributed by atoms with van der Waals surface area (Å²) in [6.45, 7) is 0.722. The predicted octanol–water partition coefficient (Wildman–Crippen LogP) is -2.42. The van der Waals surface area contributed by atoms with Gasteiger partial charge in [-0.3, -0.25) is 28.7 Å². The first-order valence-electron chi connectivity index (χ1n) is 7.42. The maximum absolute atomic E-state index is 12.0. The van der Waals surface area contributed by atoms with E-state index < -0.39 is 54.4 Å². The quantitative estimate of drug-likeness (QED) is 0.163. The molecule has 2 amide bonds. The van der Waals surface area contributed by atoms with Crippen LogP contribution in [0.15, 0.2) is 0 Å². The number of carboxylic acid groups (broad SMARTS) is 3. The first-order valence-corrected chi connectivity index (χ1v) is 8.40. The van der Waals surface area contributed by atoms with Gasteiger partial charge in [0.25, 0.3) is 0 Å². The molecule has 3 atom stereocenters. The van der Waals surface area contributed by atoms with Gasteiger partial charge < -0.3 is 31.7 Å². The van der Waals surface area contributed by atoms with Crippen molar-refractivity contribution >= 4 is 41.7 Å². The molecule has 0 spiro atoms. The van der Waals surface area contributed by atoms with Gasteiger partial charge in [0.05, 0.1) is 0 Å². The van der Waals surface area contributed by atoms with Gasteiger partial charge in [-0.05, 0) is 13.3 Å². The molecule has 3 unspecified atom stereocenters. The Hall–Kier alpha value is -2.38. The summed E-state index contributed by atoms with van der Waals surface area (Å²) in [6, 6.07) is -3.29. The van der Waals surface area contributed by atoms with Crippen LogP contribution in [-0.2, 0) is 24.0 Å². The van der Waals surface area contributed by atoms with Crippen LogP contribution in [0.2, 0.25) is 0 Å². The summed E-state index contributed by atoms with van der Waals surface area (Å²) >= 11 is 0.859. The monoisotopic (exact) mass is 394 g/mol. The number of carbonyl (C=O) groups excluding carboxylic acids is 2. The zero-order valence-electron chi connectivity index (χ0n) is 13.9. The van der Waals surface area contributed by atoms with Crippen LogP contribution in [0.25, 0.3) is 0 Å². The van der Waals surface area contributed by atoms with Crippen molar-refractivity contribution in [2.75, 3.05) is 12.3 Å². The molecule has 0 aliphatic rings. The number of hydrogen-bond donors (Lipinski definition) is 7. The van der Waals surface area contributed by atoms with Crippen molar-refractivity contribution in [3.63, 3.8) is 0 Å². The van der Waals surface area contributed by atoms with Crippen molar-refractivity contribution in [3.8, 4) is 0 Å². The van der Waals surface area contributed by atoms with Crippen molar-refractivity contribution in [2.24, 2.45) is 5.73 Å². The van der Waals surface area contributed by atoms with Crippen LogP contribution in [0.1, 0.15) is 19.8 Å². The number of aliphatic carboxylic acids is 3. The maximum Gasteiger partial charge on any atom is 0.322 e. The van der Waals surface area contributed by atoms with Crippen LogP contribution in [0.3, 0.4) is 0 Å². The number of hydrogen-bond acceptors (Lipinski definition) is 8. The second-order valence-corrected chi connectivity index (χ2v) is 6.06. The van der Waals surface area contributed by atoms with E-state index in [1.54, 1.807) is 0 Å². The fourth-order valence-electron chi connectivity index (χ4n) is 1.45. The second-order valence-electron chi connectivity index (χ2n) is 5.20. The predicted molar refractivity (Wildman–Crippen MR) is 90.1 cm³/mol. The van der Waals surface area contributed by atoms with Gasteiger partial charge in [0.1, 0.15) is 24.7 Å². The summed E-state index contributed by atoms with van der Waals surface area (Å²) in [7, 11) is 0. The molecule has 0 saturated carbocycles. The lowest BCUT2D eigenvalue weighted by molar-refractivity contribution is -0.139. The highest BCUT2D eigenvalue weighted by Crippen LogP contribution is 2.03. The van der Waals surface area contributed by atoms with E-state index in [9.17, 15) is 24.0 Å². The Morgan fingerprint density at radius 3 is 2.19 bits per heavy atom. The van der Waals surface area contributed by atoms with E-state index in [0.717, 1.165) is 11.9 Å². The van der Waals surface area contributed by atoms with E-state index in [-0.39, 0.29) is 18.6 Å². The zero-order valence-corrected chi connectivity index (χ0v) is 14.7. The van der Waals surface area contributed by atoms with Crippen molar-refractivity contribution < 1.29 is 39.3 Å². The van der Waals surface area contributed by atoms with E-state index in [0.29, 0.717) is 0 Å². The molecule has 0 rings (SSSR count). The highest BCUT2D eigenvalue weighted by molar-refractivity contribution is 7.97. The average Bonchev–Trinajstić information content (AvgIpc) is 2.55. The minimum Gasteiger partial charge on any atom is -0.480 e. The van der Waals surface area contributed by atoms with Gasteiger partial charge in [-0.15, -0.1) is 0 Å². The summed E-state index contributed by atoms with van der Waals surface area (Å²) in [4.78, 5) is 55.7. The van der Waals surface area contributed by atoms with Gasteiger partial charge in [-0.25, -0.2) is 0 Å². The number of nitrogens with two attached hydrogens (primary N) is 1. The van der Waals surface area contributed by atoms with Crippen LogP contribution in [-0.4, -0.2) is 75.5 Å². The fraction of sp³-hybridized carbons (Fsp3) is 0.615. The molecule has 0 aliphatic carbocycles. The van der Waals surface area contributed by atoms with Gasteiger partial charge >= 0.3 is 17.9 Å². The lowest BCUT2D eigenvalue weighted by Crippen LogP contribution is -2.50. The normalized spacial score (nSPS) is 13.9. The van der Waals surface area contributed by atoms with Gasteiger partial charge in [0.15, 0.2) is 0 Å². The highest BCUT2D eigenvalue weighted by Gasteiger charge is 2.23. The van der Waals surface area contributed by atoms with Crippen LogP contribution < -0.4 is 21.1 Å². The molecule has 148 valence electrons. The largest absolute Gasteiger partial charge is 0.480 e. The summed E-state index contributed by atoms with van der Waals surface area (Å²) in [5.74, 6) is -5.17. The Bertz CT molecular complexity index is 544. The van der Waals surface area contributed by atoms with Crippen molar-refractivity contribution in [1.29, 1.82) is 0 Å². The molecular formula is C13H22N4O8S. The molecule has 12 nitrogen and oxygen atoms in total. The van der Waals surface area contributed by atoms with Gasteiger partial charge in [0.2, 0.25) is 11.8 Å². The maximum atomic E-state index is 12.0. The summed E-state index contributed by atoms with van der Waals surface area (Å²) in [5.41, 5.74) is 5.28. The molecule has 0 fully saturated rings. The number of rotatable bonds is 13. The van der Waals surface area contributed by atoms with E-state index in [2.05, 4.69) is 15.4 Å². The molecule has 0 aromatic heterocycles. The summed E-state index contributed by atoms with van der Waals surface area (Å²) < 4.78 is 2.54. The first kappa shape index (κ1) is 23.6. The number of nitrogens with one attached hydrogen (secondary N) is 3. The second kappa shape index (κ2) is 12.1. The summed E-state index contributed by atoms with van der Waals surface area (Å²) in [6.07, 6.45) is -0.397. The van der Waals surface area contributed by atoms with Gasteiger partial charge in [0, 0.05) is 12.2 Å². The minimum absolute atomic E-state index is 0.0835. The molecular weight excluding hydrogens is 372 g/mol. The lowest BCUT2D eigenvalue weighted by Gasteiger charge is -2.19. The Kier molecular flexibility index (Phi) is 10.9. The zero-order chi connectivity index (χ0) is 20.3. The van der Waals surface area contributed by atoms with Crippen molar-refractivity contribution in [3.05, 3.63) is 0 Å². The molecule has 0 radical (unpaired) electrons. The summed E-state index contributed by atoms with van der Waals surface area (Å²) in [5, 5.41) is 30.4. The number of carboxylic acids is 3. The molecule has 26 heavy (non-hydrogen) atoms. The highest BCUT2D eigenvalue weighted by atomic mass is 32.2. The number of carbonyl (C=O) groups is 5. The Labute approximate surface area is 153 Å². The van der Waals surface area contributed by atoms with Crippen molar-refractivity contribution in [1.82, 2.24) is 15.4 Å². The smallest absolute Gasteiger partial charge is 0.322 e. The molecule has 0 bridgehead atoms. The van der Waals surface area contributed by atoms with E-state index >= 15 is 0 Å². The topological polar surface area (TPSA) is 208 Å². The van der Waals surface area contributed by atoms with Crippen molar-refractivity contribution in [2.45, 2.75) is 37.9 Å². The Morgan fingerprint density at radius 2 is 1.69 bits per heavy atom. The van der Waals surface area contributed by atoms with Crippen LogP contribution in [0, 0.1) is 0 Å². The Morgan fingerprint density at radius 1 is 1.08 bits per heavy atom. The molecule has 0 aromatic rings. The van der Waals surface area contributed by atoms with Gasteiger partial charge in [-0.1, -0.05) is 11.9 Å². The van der Waals surface area contributed by atoms with E-state index in [1.807, 2.05) is 0 Å².